The molecule has 1 rings (SSSR count). The third kappa shape index (κ3) is 3.29. The molecule has 6 heteroatoms. The number of hydrogen-bond acceptors (Lipinski definition) is 4. The van der Waals surface area contributed by atoms with E-state index < -0.39 is 0 Å². The Morgan fingerprint density at radius 2 is 2.31 bits per heavy atom. The van der Waals surface area contributed by atoms with Gasteiger partial charge in [-0.15, -0.1) is 0 Å². The van der Waals surface area contributed by atoms with Gasteiger partial charge in [-0.1, -0.05) is 0 Å². The number of aryl methyl sites for hydroxylation is 1. The average Bonchev–Trinajstić information content (AvgIpc) is 2.28. The highest BCUT2D eigenvalue weighted by atomic mass is 127. The van der Waals surface area contributed by atoms with Gasteiger partial charge in [0.25, 0.3) is 5.56 Å². The number of hydrogen-bond donors (Lipinski definition) is 0. The van der Waals surface area contributed by atoms with Crippen LogP contribution in [-0.2, 0) is 16.1 Å². The topological polar surface area (TPSA) is 61.2 Å². The van der Waals surface area contributed by atoms with Crippen LogP contribution in [0.25, 0.3) is 0 Å². The molecular formula is C10H13IN2O3. The molecule has 0 radical (unpaired) electrons. The van der Waals surface area contributed by atoms with Gasteiger partial charge in [-0.05, 0) is 35.9 Å². The van der Waals surface area contributed by atoms with Crippen molar-refractivity contribution < 1.29 is 9.53 Å². The van der Waals surface area contributed by atoms with Crippen LogP contribution >= 0.6 is 22.6 Å². The number of nitrogens with zero attached hydrogens (tertiary/aromatic N) is 2. The molecule has 88 valence electrons. The Bertz CT molecular complexity index is 442. The molecule has 0 aliphatic carbocycles. The van der Waals surface area contributed by atoms with Crippen LogP contribution in [0.1, 0.15) is 18.7 Å². The first-order chi connectivity index (χ1) is 7.56. The maximum atomic E-state index is 11.7. The van der Waals surface area contributed by atoms with Gasteiger partial charge in [0.05, 0.1) is 10.7 Å². The molecule has 1 aromatic heterocycles. The third-order valence-electron chi connectivity index (χ3n) is 2.20. The molecule has 0 fully saturated rings. The van der Waals surface area contributed by atoms with Crippen LogP contribution in [0.4, 0.5) is 0 Å². The van der Waals surface area contributed by atoms with Crippen molar-refractivity contribution in [3.8, 4) is 0 Å². The van der Waals surface area contributed by atoms with Crippen LogP contribution in [0.2, 0.25) is 0 Å². The summed E-state index contributed by atoms with van der Waals surface area (Å²) in [7, 11) is 1.35. The quantitative estimate of drug-likeness (QED) is 0.611. The number of halogens is 1. The average molecular weight is 336 g/mol. The van der Waals surface area contributed by atoms with Crippen molar-refractivity contribution >= 4 is 28.6 Å². The maximum absolute atomic E-state index is 11.7. The van der Waals surface area contributed by atoms with Crippen LogP contribution in [0.5, 0.6) is 0 Å². The summed E-state index contributed by atoms with van der Waals surface area (Å²) in [5, 5.41) is 0. The molecule has 1 heterocycles. The van der Waals surface area contributed by atoms with Gasteiger partial charge in [0.2, 0.25) is 0 Å². The summed E-state index contributed by atoms with van der Waals surface area (Å²) in [5.41, 5.74) is -0.0574. The van der Waals surface area contributed by atoms with Crippen molar-refractivity contribution in [3.63, 3.8) is 0 Å². The van der Waals surface area contributed by atoms with Crippen molar-refractivity contribution in [1.82, 2.24) is 9.55 Å². The SMILES string of the molecule is COC(=O)CCCn1c(C)ncc(I)c1=O. The summed E-state index contributed by atoms with van der Waals surface area (Å²) in [4.78, 5) is 26.7. The van der Waals surface area contributed by atoms with Crippen LogP contribution in [0.15, 0.2) is 11.0 Å². The molecule has 16 heavy (non-hydrogen) atoms. The fraction of sp³-hybridized carbons (Fsp3) is 0.500. The first-order valence-corrected chi connectivity index (χ1v) is 5.93. The zero-order valence-corrected chi connectivity index (χ0v) is 11.4. The minimum absolute atomic E-state index is 0.0574. The number of methoxy groups -OCH3 is 1. The summed E-state index contributed by atoms with van der Waals surface area (Å²) in [6.45, 7) is 2.26. The third-order valence-corrected chi connectivity index (χ3v) is 2.94. The fourth-order valence-corrected chi connectivity index (χ4v) is 1.73. The Hall–Kier alpha value is -0.920. The lowest BCUT2D eigenvalue weighted by atomic mass is 10.3. The van der Waals surface area contributed by atoms with Gasteiger partial charge < -0.3 is 4.74 Å². The molecule has 0 bridgehead atoms. The molecule has 0 unspecified atom stereocenters. The Morgan fingerprint density at radius 1 is 1.62 bits per heavy atom. The smallest absolute Gasteiger partial charge is 0.305 e. The van der Waals surface area contributed by atoms with E-state index in [1.807, 2.05) is 22.6 Å². The van der Waals surface area contributed by atoms with Gasteiger partial charge >= 0.3 is 5.97 Å². The second kappa shape index (κ2) is 5.97. The summed E-state index contributed by atoms with van der Waals surface area (Å²) in [6, 6.07) is 0. The van der Waals surface area contributed by atoms with Crippen LogP contribution < -0.4 is 5.56 Å². The zero-order valence-electron chi connectivity index (χ0n) is 9.20. The highest BCUT2D eigenvalue weighted by Gasteiger charge is 2.06. The highest BCUT2D eigenvalue weighted by Crippen LogP contribution is 2.00. The summed E-state index contributed by atoms with van der Waals surface area (Å²) < 4.78 is 6.69. The van der Waals surface area contributed by atoms with Crippen molar-refractivity contribution in [2.45, 2.75) is 26.3 Å². The standard InChI is InChI=1S/C10H13IN2O3/c1-7-12-6-8(11)10(15)13(7)5-3-4-9(14)16-2/h6H,3-5H2,1-2H3. The van der Waals surface area contributed by atoms with E-state index in [9.17, 15) is 9.59 Å². The van der Waals surface area contributed by atoms with E-state index in [2.05, 4.69) is 9.72 Å². The highest BCUT2D eigenvalue weighted by molar-refractivity contribution is 14.1. The number of carbonyl (C=O) groups is 1. The number of esters is 1. The molecule has 0 saturated heterocycles. The molecule has 0 saturated carbocycles. The second-order valence-electron chi connectivity index (χ2n) is 3.29. The van der Waals surface area contributed by atoms with Gasteiger partial charge in [-0.2, -0.15) is 0 Å². The monoisotopic (exact) mass is 336 g/mol. The molecular weight excluding hydrogens is 323 g/mol. The van der Waals surface area contributed by atoms with E-state index >= 15 is 0 Å². The summed E-state index contributed by atoms with van der Waals surface area (Å²) >= 11 is 1.95. The first-order valence-electron chi connectivity index (χ1n) is 4.85. The number of carbonyl (C=O) groups excluding carboxylic acids is 1. The predicted molar refractivity (Wildman–Crippen MR) is 67.2 cm³/mol. The van der Waals surface area contributed by atoms with Gasteiger partial charge in [0.15, 0.2) is 0 Å². The molecule has 0 spiro atoms. The Kier molecular flexibility index (Phi) is 4.91. The Morgan fingerprint density at radius 3 is 2.94 bits per heavy atom. The van der Waals surface area contributed by atoms with Gasteiger partial charge in [-0.3, -0.25) is 14.2 Å². The van der Waals surface area contributed by atoms with Crippen LogP contribution in [-0.4, -0.2) is 22.6 Å². The number of ether oxygens (including phenoxy) is 1. The second-order valence-corrected chi connectivity index (χ2v) is 4.45. The minimum Gasteiger partial charge on any atom is -0.469 e. The van der Waals surface area contributed by atoms with Crippen LogP contribution in [0, 0.1) is 10.5 Å². The van der Waals surface area contributed by atoms with Gasteiger partial charge in [0.1, 0.15) is 5.82 Å². The summed E-state index contributed by atoms with van der Waals surface area (Å²) in [5.74, 6) is 0.402. The fourth-order valence-electron chi connectivity index (χ4n) is 1.30. The van der Waals surface area contributed by atoms with Crippen molar-refractivity contribution in [2.75, 3.05) is 7.11 Å². The molecule has 0 aromatic carbocycles. The lowest BCUT2D eigenvalue weighted by Crippen LogP contribution is -2.26. The molecule has 0 atom stereocenters. The lowest BCUT2D eigenvalue weighted by Gasteiger charge is -2.08. The number of rotatable bonds is 4. The minimum atomic E-state index is -0.260. The summed E-state index contributed by atoms with van der Waals surface area (Å²) in [6.07, 6.45) is 2.44. The normalized spacial score (nSPS) is 10.2. The van der Waals surface area contributed by atoms with E-state index in [1.165, 1.54) is 7.11 Å². The maximum Gasteiger partial charge on any atom is 0.305 e. The van der Waals surface area contributed by atoms with E-state index in [-0.39, 0.29) is 11.5 Å². The molecule has 0 N–H and O–H groups in total. The van der Waals surface area contributed by atoms with E-state index in [4.69, 9.17) is 0 Å². The van der Waals surface area contributed by atoms with Crippen molar-refractivity contribution in [1.29, 1.82) is 0 Å². The van der Waals surface area contributed by atoms with Gasteiger partial charge in [0, 0.05) is 19.2 Å². The van der Waals surface area contributed by atoms with Crippen molar-refractivity contribution in [3.05, 3.63) is 25.9 Å². The van der Waals surface area contributed by atoms with Crippen LogP contribution in [0.3, 0.4) is 0 Å². The van der Waals surface area contributed by atoms with E-state index in [0.717, 1.165) is 0 Å². The van der Waals surface area contributed by atoms with Gasteiger partial charge in [-0.25, -0.2) is 4.98 Å². The lowest BCUT2D eigenvalue weighted by molar-refractivity contribution is -0.140. The Balaban J connectivity index is 2.71. The first kappa shape index (κ1) is 13.1. The number of aromatic nitrogens is 2. The zero-order chi connectivity index (χ0) is 12.1. The van der Waals surface area contributed by atoms with Crippen molar-refractivity contribution in [2.24, 2.45) is 0 Å². The molecule has 0 aliphatic rings. The largest absolute Gasteiger partial charge is 0.469 e. The molecule has 0 aliphatic heterocycles. The van der Waals surface area contributed by atoms with E-state index in [0.29, 0.717) is 28.8 Å². The predicted octanol–water partition coefficient (Wildman–Crippen LogP) is 1.11. The molecule has 5 nitrogen and oxygen atoms in total. The Labute approximate surface area is 107 Å². The molecule has 1 aromatic rings. The van der Waals surface area contributed by atoms with E-state index in [1.54, 1.807) is 17.7 Å². The molecule has 0 amide bonds.